The molecule has 0 spiro atoms. The number of ether oxygens (including phenoxy) is 1. The van der Waals surface area contributed by atoms with Crippen LogP contribution in [0.1, 0.15) is 44.4 Å². The molecule has 2 N–H and O–H groups in total. The predicted molar refractivity (Wildman–Crippen MR) is 106 cm³/mol. The Balaban J connectivity index is 1.29. The molecule has 2 saturated heterocycles. The summed E-state index contributed by atoms with van der Waals surface area (Å²) in [5.41, 5.74) is 6.99. The lowest BCUT2D eigenvalue weighted by atomic mass is 9.97. The van der Waals surface area contributed by atoms with Crippen LogP contribution in [-0.4, -0.2) is 41.3 Å². The van der Waals surface area contributed by atoms with Gasteiger partial charge in [0.15, 0.2) is 0 Å². The van der Waals surface area contributed by atoms with E-state index >= 15 is 0 Å². The van der Waals surface area contributed by atoms with Crippen molar-refractivity contribution in [3.05, 3.63) is 23.0 Å². The van der Waals surface area contributed by atoms with E-state index in [2.05, 4.69) is 15.0 Å². The predicted octanol–water partition coefficient (Wildman–Crippen LogP) is 4.18. The van der Waals surface area contributed by atoms with E-state index in [1.165, 1.54) is 45.2 Å². The second-order valence-corrected chi connectivity index (χ2v) is 8.13. The molecule has 0 saturated carbocycles. The third-order valence-corrected chi connectivity index (χ3v) is 6.21. The molecule has 2 fully saturated rings. The Morgan fingerprint density at radius 2 is 2.26 bits per heavy atom. The minimum absolute atomic E-state index is 0.453. The van der Waals surface area contributed by atoms with Crippen LogP contribution in [0.3, 0.4) is 0 Å². The summed E-state index contributed by atoms with van der Waals surface area (Å²) in [6.45, 7) is 2.61. The molecule has 2 aromatic rings. The van der Waals surface area contributed by atoms with Gasteiger partial charge in [0.05, 0.1) is 23.4 Å². The lowest BCUT2D eigenvalue weighted by molar-refractivity contribution is 0.314. The summed E-state index contributed by atoms with van der Waals surface area (Å²) in [6.07, 6.45) is 8.57. The highest BCUT2D eigenvalue weighted by Crippen LogP contribution is 2.35. The molecule has 146 valence electrons. The van der Waals surface area contributed by atoms with Crippen molar-refractivity contribution in [2.45, 2.75) is 51.0 Å². The van der Waals surface area contributed by atoms with Gasteiger partial charge in [-0.2, -0.15) is 4.98 Å². The number of unbranched alkanes of at least 4 members (excludes halogenated alkanes) is 1. The summed E-state index contributed by atoms with van der Waals surface area (Å²) in [6, 6.07) is 4.27. The van der Waals surface area contributed by atoms with Gasteiger partial charge in [-0.25, -0.2) is 0 Å². The number of aryl methyl sites for hydroxylation is 1. The second kappa shape index (κ2) is 8.07. The number of nitrogen functional groups attached to an aromatic ring is 1. The fourth-order valence-electron chi connectivity index (χ4n) is 4.49. The highest BCUT2D eigenvalue weighted by atomic mass is 35.5. The van der Waals surface area contributed by atoms with E-state index < -0.39 is 0 Å². The van der Waals surface area contributed by atoms with E-state index in [-0.39, 0.29) is 0 Å². The van der Waals surface area contributed by atoms with Crippen molar-refractivity contribution in [3.63, 3.8) is 0 Å². The number of anilines is 1. The molecule has 2 unspecified atom stereocenters. The van der Waals surface area contributed by atoms with Gasteiger partial charge in [-0.3, -0.25) is 0 Å². The molecule has 0 aliphatic carbocycles. The zero-order valence-electron chi connectivity index (χ0n) is 15.8. The summed E-state index contributed by atoms with van der Waals surface area (Å²) in [4.78, 5) is 7.19. The van der Waals surface area contributed by atoms with Crippen LogP contribution in [0.25, 0.3) is 11.4 Å². The van der Waals surface area contributed by atoms with Crippen LogP contribution in [0.2, 0.25) is 5.02 Å². The average Bonchev–Trinajstić information content (AvgIpc) is 3.36. The van der Waals surface area contributed by atoms with Crippen molar-refractivity contribution < 1.29 is 9.26 Å². The van der Waals surface area contributed by atoms with Gasteiger partial charge in [0, 0.05) is 25.1 Å². The maximum atomic E-state index is 6.13. The Morgan fingerprint density at radius 3 is 3.07 bits per heavy atom. The summed E-state index contributed by atoms with van der Waals surface area (Å²) >= 11 is 6.13. The number of hydrogen-bond donors (Lipinski definition) is 1. The van der Waals surface area contributed by atoms with Crippen molar-refractivity contribution >= 4 is 17.3 Å². The van der Waals surface area contributed by atoms with Crippen LogP contribution >= 0.6 is 11.6 Å². The number of aromatic nitrogens is 2. The molecule has 4 rings (SSSR count). The van der Waals surface area contributed by atoms with Gasteiger partial charge in [0.2, 0.25) is 11.7 Å². The molecule has 2 aliphatic rings. The van der Waals surface area contributed by atoms with Crippen molar-refractivity contribution in [1.29, 1.82) is 0 Å². The number of benzene rings is 1. The fraction of sp³-hybridized carbons (Fsp3) is 0.600. The van der Waals surface area contributed by atoms with Crippen LogP contribution < -0.4 is 10.5 Å². The van der Waals surface area contributed by atoms with Gasteiger partial charge in [-0.15, -0.1) is 0 Å². The van der Waals surface area contributed by atoms with Crippen molar-refractivity contribution in [2.24, 2.45) is 5.92 Å². The van der Waals surface area contributed by atoms with Crippen molar-refractivity contribution in [3.8, 4) is 17.1 Å². The van der Waals surface area contributed by atoms with Gasteiger partial charge in [-0.05, 0) is 50.6 Å². The number of methoxy groups -OCH3 is 1. The number of fused-ring (bicyclic) bond motifs is 1. The Hall–Kier alpha value is -1.79. The molecule has 3 heterocycles. The molecule has 0 amide bonds. The molecule has 1 aromatic carbocycles. The van der Waals surface area contributed by atoms with Crippen molar-refractivity contribution in [1.82, 2.24) is 15.0 Å². The van der Waals surface area contributed by atoms with Crippen LogP contribution in [0.5, 0.6) is 5.75 Å². The van der Waals surface area contributed by atoms with E-state index in [1.54, 1.807) is 19.2 Å². The molecule has 2 atom stereocenters. The zero-order valence-corrected chi connectivity index (χ0v) is 16.5. The van der Waals surface area contributed by atoms with Crippen molar-refractivity contribution in [2.75, 3.05) is 25.9 Å². The number of rotatable bonds is 7. The Kier molecular flexibility index (Phi) is 5.55. The Bertz CT molecular complexity index is 782. The Labute approximate surface area is 165 Å². The monoisotopic (exact) mass is 390 g/mol. The number of nitrogens with two attached hydrogens (primary N) is 1. The van der Waals surface area contributed by atoms with Crippen LogP contribution in [0.4, 0.5) is 5.69 Å². The van der Waals surface area contributed by atoms with Gasteiger partial charge in [0.1, 0.15) is 5.75 Å². The first-order chi connectivity index (χ1) is 13.1. The second-order valence-electron chi connectivity index (χ2n) is 7.72. The zero-order chi connectivity index (χ0) is 18.8. The summed E-state index contributed by atoms with van der Waals surface area (Å²) in [5.74, 6) is 2.60. The Morgan fingerprint density at radius 1 is 1.37 bits per heavy atom. The molecule has 0 radical (unpaired) electrons. The molecule has 0 bridgehead atoms. The molecule has 2 aliphatic heterocycles. The maximum absolute atomic E-state index is 6.13. The van der Waals surface area contributed by atoms with Crippen LogP contribution in [0.15, 0.2) is 16.7 Å². The van der Waals surface area contributed by atoms with Crippen LogP contribution in [0, 0.1) is 5.92 Å². The summed E-state index contributed by atoms with van der Waals surface area (Å²) < 4.78 is 10.8. The molecule has 1 aromatic heterocycles. The lowest BCUT2D eigenvalue weighted by Crippen LogP contribution is -2.22. The minimum Gasteiger partial charge on any atom is -0.496 e. The third-order valence-electron chi connectivity index (χ3n) is 5.88. The standard InChI is InChI=1S/C20H27ClN4O2/c1-26-18-11-17(22)16(21)10-15(18)20-23-19(27-24-20)7-3-2-5-13-9-14-6-4-8-25(14)12-13/h10-11,13-14H,2-9,12,22H2,1H3. The third kappa shape index (κ3) is 4.06. The smallest absolute Gasteiger partial charge is 0.226 e. The average molecular weight is 391 g/mol. The number of nitrogens with zero attached hydrogens (tertiary/aromatic N) is 3. The highest BCUT2D eigenvalue weighted by Gasteiger charge is 2.34. The van der Waals surface area contributed by atoms with E-state index in [0.29, 0.717) is 33.7 Å². The number of hydrogen-bond acceptors (Lipinski definition) is 6. The van der Waals surface area contributed by atoms with E-state index in [9.17, 15) is 0 Å². The molecule has 6 nitrogen and oxygen atoms in total. The fourth-order valence-corrected chi connectivity index (χ4v) is 4.65. The molecule has 7 heteroatoms. The number of halogens is 1. The molecular formula is C20H27ClN4O2. The largest absolute Gasteiger partial charge is 0.496 e. The first kappa shape index (κ1) is 18.6. The SMILES string of the molecule is COc1cc(N)c(Cl)cc1-c1noc(CCCCC2CC3CCCN3C2)n1. The van der Waals surface area contributed by atoms with E-state index in [0.717, 1.165) is 24.8 Å². The first-order valence-corrected chi connectivity index (χ1v) is 10.2. The van der Waals surface area contributed by atoms with Gasteiger partial charge in [0.25, 0.3) is 0 Å². The van der Waals surface area contributed by atoms with Gasteiger partial charge < -0.3 is 19.9 Å². The van der Waals surface area contributed by atoms with Crippen LogP contribution in [-0.2, 0) is 6.42 Å². The van der Waals surface area contributed by atoms with Gasteiger partial charge >= 0.3 is 0 Å². The normalized spacial score (nSPS) is 22.3. The maximum Gasteiger partial charge on any atom is 0.226 e. The quantitative estimate of drug-likeness (QED) is 0.564. The minimum atomic E-state index is 0.453. The van der Waals surface area contributed by atoms with Gasteiger partial charge in [-0.1, -0.05) is 23.2 Å². The lowest BCUT2D eigenvalue weighted by Gasteiger charge is -2.13. The molecular weight excluding hydrogens is 364 g/mol. The first-order valence-electron chi connectivity index (χ1n) is 9.84. The summed E-state index contributed by atoms with van der Waals surface area (Å²) in [7, 11) is 1.58. The summed E-state index contributed by atoms with van der Waals surface area (Å²) in [5, 5.41) is 4.54. The van der Waals surface area contributed by atoms with E-state index in [1.807, 2.05) is 0 Å². The highest BCUT2D eigenvalue weighted by molar-refractivity contribution is 6.33. The van der Waals surface area contributed by atoms with E-state index in [4.69, 9.17) is 26.6 Å². The topological polar surface area (TPSA) is 77.4 Å². The molecule has 27 heavy (non-hydrogen) atoms.